The Morgan fingerprint density at radius 1 is 0.772 bits per heavy atom. The smallest absolute Gasteiger partial charge is 0.267 e. The zero-order valence-electron chi connectivity index (χ0n) is 30.7. The molecule has 19 nitrogen and oxygen atoms in total. The molecule has 0 aliphatic heterocycles. The predicted octanol–water partition coefficient (Wildman–Crippen LogP) is 0.238. The van der Waals surface area contributed by atoms with Crippen molar-refractivity contribution < 1.29 is 62.8 Å². The Labute approximate surface area is 334 Å². The van der Waals surface area contributed by atoms with Gasteiger partial charge in [-0.2, -0.15) is 25.3 Å². The number of likely N-dealkylation sites (N-methyl/N-ethyl adjacent to an activating group) is 1. The van der Waals surface area contributed by atoms with Gasteiger partial charge in [-0.25, -0.2) is 0 Å². The van der Waals surface area contributed by atoms with Crippen molar-refractivity contribution in [3.05, 3.63) is 87.9 Å². The Bertz CT molecular complexity index is 2330. The number of hydrogen-bond acceptors (Lipinski definition) is 12. The van der Waals surface area contributed by atoms with Gasteiger partial charge < -0.3 is 31.3 Å². The first-order valence-electron chi connectivity index (χ1n) is 16.6. The van der Waals surface area contributed by atoms with E-state index in [-0.39, 0.29) is 18.2 Å². The summed E-state index contributed by atoms with van der Waals surface area (Å²) in [6.07, 6.45) is 0. The van der Waals surface area contributed by atoms with Crippen LogP contribution in [0.15, 0.2) is 60.7 Å². The third-order valence-corrected chi connectivity index (χ3v) is 10.9. The van der Waals surface area contributed by atoms with E-state index in [2.05, 4.69) is 5.32 Å². The molecule has 0 bridgehead atoms. The van der Waals surface area contributed by atoms with E-state index in [0.29, 0.717) is 11.3 Å². The molecule has 3 aromatic rings. The number of benzene rings is 3. The van der Waals surface area contributed by atoms with Crippen molar-refractivity contribution in [3.63, 3.8) is 0 Å². The predicted molar refractivity (Wildman–Crippen MR) is 208 cm³/mol. The van der Waals surface area contributed by atoms with Gasteiger partial charge in [0.05, 0.1) is 17.3 Å². The van der Waals surface area contributed by atoms with Gasteiger partial charge in [-0.15, -0.1) is 0 Å². The largest absolute Gasteiger partial charge is 0.487 e. The van der Waals surface area contributed by atoms with E-state index < -0.39 is 95.9 Å². The van der Waals surface area contributed by atoms with Crippen molar-refractivity contribution >= 4 is 65.6 Å². The Hall–Kier alpha value is -4.68. The molecular weight excluding hydrogens is 834 g/mol. The van der Waals surface area contributed by atoms with Gasteiger partial charge in [0.25, 0.3) is 30.4 Å². The summed E-state index contributed by atoms with van der Waals surface area (Å²) in [5.74, 6) is -9.21. The average Bonchev–Trinajstić information content (AvgIpc) is 3.08. The number of rotatable bonds is 19. The van der Waals surface area contributed by atoms with Crippen molar-refractivity contribution in [3.8, 4) is 16.9 Å². The maximum atomic E-state index is 12.9. The fraction of sp³-hybridized carbons (Fsp3) is 0.353. The Balaban J connectivity index is 1.64. The van der Waals surface area contributed by atoms with Gasteiger partial charge in [0, 0.05) is 13.6 Å². The highest BCUT2D eigenvalue weighted by molar-refractivity contribution is 7.86. The minimum absolute atomic E-state index is 0.0196. The molecule has 3 atom stereocenters. The zero-order chi connectivity index (χ0) is 42.9. The standard InChI is InChI=1S/C34H42ClN5O14S3/c1-20-7-4-5-9-24(20)25-10-6-8-23(21(25)2)16-54-30-12-11-22(13-26(30)35)15-40(3)31(41)14-37-33(43)28(18-56(48,49)50)39-34(44)29(19-57(51,52)53)38-32(42)27(36)17-55(45,46)47/h4-13,27-29H,14-19,36H2,1-3H3,(H,37,43)(H,38,42)(H,39,44)(H,45,46,47)(H,48,49,50)(H,51,52,53)/t27-,28-,29-/m0/s1. The monoisotopic (exact) mass is 875 g/mol. The third kappa shape index (κ3) is 15.3. The van der Waals surface area contributed by atoms with Crippen LogP contribution in [0.5, 0.6) is 5.75 Å². The van der Waals surface area contributed by atoms with E-state index >= 15 is 0 Å². The molecule has 57 heavy (non-hydrogen) atoms. The topological polar surface area (TPSA) is 306 Å². The highest BCUT2D eigenvalue weighted by atomic mass is 35.5. The van der Waals surface area contributed by atoms with Crippen LogP contribution in [-0.2, 0) is 62.7 Å². The number of aryl methyl sites for hydroxylation is 1. The molecule has 0 fully saturated rings. The fourth-order valence-electron chi connectivity index (χ4n) is 5.35. The number of ether oxygens (including phenoxy) is 1. The molecule has 3 rings (SSSR count). The molecule has 0 aliphatic rings. The van der Waals surface area contributed by atoms with Gasteiger partial charge in [0.15, 0.2) is 0 Å². The fourth-order valence-corrected chi connectivity index (χ4v) is 7.52. The van der Waals surface area contributed by atoms with Gasteiger partial charge in [-0.05, 0) is 59.4 Å². The summed E-state index contributed by atoms with van der Waals surface area (Å²) in [7, 11) is -13.5. The minimum Gasteiger partial charge on any atom is -0.487 e. The molecule has 0 spiro atoms. The minimum atomic E-state index is -5.07. The summed E-state index contributed by atoms with van der Waals surface area (Å²) in [6, 6.07) is 12.3. The Morgan fingerprint density at radius 3 is 1.91 bits per heavy atom. The number of carbonyl (C=O) groups excluding carboxylic acids is 4. The average molecular weight is 876 g/mol. The number of hydrogen-bond donors (Lipinski definition) is 7. The van der Waals surface area contributed by atoms with Crippen LogP contribution in [0.25, 0.3) is 11.1 Å². The molecule has 23 heteroatoms. The van der Waals surface area contributed by atoms with E-state index in [4.69, 9.17) is 26.6 Å². The second kappa shape index (κ2) is 19.7. The molecule has 0 aromatic heterocycles. The molecule has 4 amide bonds. The van der Waals surface area contributed by atoms with Crippen LogP contribution in [0.4, 0.5) is 0 Å². The Kier molecular flexibility index (Phi) is 16.1. The molecule has 0 unspecified atom stereocenters. The molecule has 8 N–H and O–H groups in total. The van der Waals surface area contributed by atoms with Crippen LogP contribution >= 0.6 is 11.6 Å². The van der Waals surface area contributed by atoms with Gasteiger partial charge in [0.1, 0.15) is 42.0 Å². The highest BCUT2D eigenvalue weighted by Gasteiger charge is 2.34. The highest BCUT2D eigenvalue weighted by Crippen LogP contribution is 2.31. The first kappa shape index (κ1) is 46.7. The number of amides is 4. The lowest BCUT2D eigenvalue weighted by atomic mass is 9.94. The van der Waals surface area contributed by atoms with E-state index in [0.717, 1.165) is 27.8 Å². The third-order valence-electron chi connectivity index (χ3n) is 8.27. The van der Waals surface area contributed by atoms with Crippen molar-refractivity contribution in [2.75, 3.05) is 30.9 Å². The summed E-state index contributed by atoms with van der Waals surface area (Å²) in [4.78, 5) is 52.2. The molecule has 0 radical (unpaired) electrons. The summed E-state index contributed by atoms with van der Waals surface area (Å²) < 4.78 is 102. The van der Waals surface area contributed by atoms with E-state index in [9.17, 15) is 53.5 Å². The number of nitrogens with two attached hydrogens (primary N) is 1. The van der Waals surface area contributed by atoms with Crippen LogP contribution in [-0.4, -0.2) is 116 Å². The Morgan fingerprint density at radius 2 is 1.33 bits per heavy atom. The number of halogens is 1. The molecule has 3 aromatic carbocycles. The summed E-state index contributed by atoms with van der Waals surface area (Å²) in [5.41, 5.74) is 11.2. The number of carbonyl (C=O) groups is 4. The van der Waals surface area contributed by atoms with E-state index in [1.165, 1.54) is 11.9 Å². The number of nitrogens with one attached hydrogen (secondary N) is 3. The summed E-state index contributed by atoms with van der Waals surface area (Å²) in [5, 5.41) is 5.84. The molecule has 0 heterocycles. The molecule has 0 saturated heterocycles. The van der Waals surface area contributed by atoms with Gasteiger partial charge in [-0.3, -0.25) is 32.8 Å². The summed E-state index contributed by atoms with van der Waals surface area (Å²) >= 11 is 6.50. The zero-order valence-corrected chi connectivity index (χ0v) is 33.9. The first-order valence-corrected chi connectivity index (χ1v) is 21.8. The maximum absolute atomic E-state index is 12.9. The van der Waals surface area contributed by atoms with Gasteiger partial charge in [0.2, 0.25) is 23.6 Å². The van der Waals surface area contributed by atoms with Gasteiger partial charge >= 0.3 is 0 Å². The second-order valence-electron chi connectivity index (χ2n) is 12.9. The maximum Gasteiger partial charge on any atom is 0.267 e. The number of nitrogens with zero attached hydrogens (tertiary/aromatic N) is 1. The lowest BCUT2D eigenvalue weighted by Crippen LogP contribution is -2.59. The van der Waals surface area contributed by atoms with Gasteiger partial charge in [-0.1, -0.05) is 60.1 Å². The second-order valence-corrected chi connectivity index (χ2v) is 17.8. The first-order chi connectivity index (χ1) is 26.3. The molecule has 312 valence electrons. The van der Waals surface area contributed by atoms with Crippen LogP contribution in [0.2, 0.25) is 5.02 Å². The van der Waals surface area contributed by atoms with E-state index in [1.54, 1.807) is 28.8 Å². The molecule has 0 saturated carbocycles. The van der Waals surface area contributed by atoms with Crippen molar-refractivity contribution in [2.45, 2.75) is 45.1 Å². The van der Waals surface area contributed by atoms with Crippen molar-refractivity contribution in [1.29, 1.82) is 0 Å². The molecular formula is C34H42ClN5O14S3. The summed E-state index contributed by atoms with van der Waals surface area (Å²) in [6.45, 7) is 3.49. The molecule has 0 aliphatic carbocycles. The van der Waals surface area contributed by atoms with Crippen LogP contribution in [0, 0.1) is 13.8 Å². The quantitative estimate of drug-likeness (QED) is 0.0794. The van der Waals surface area contributed by atoms with E-state index in [1.807, 2.05) is 56.3 Å². The normalized spacial score (nSPS) is 13.5. The van der Waals surface area contributed by atoms with Crippen molar-refractivity contribution in [2.24, 2.45) is 5.73 Å². The SMILES string of the molecule is Cc1ccccc1-c1cccc(COc2ccc(CN(C)C(=O)CNC(=O)[C@H](CS(=O)(=O)O)NC(=O)[C@H](CS(=O)(=O)O)NC(=O)[C@@H](N)CS(=O)(=O)O)cc2Cl)c1C. The van der Waals surface area contributed by atoms with Crippen LogP contribution < -0.4 is 26.4 Å². The van der Waals surface area contributed by atoms with Crippen LogP contribution in [0.3, 0.4) is 0 Å². The lowest BCUT2D eigenvalue weighted by molar-refractivity contribution is -0.134. The van der Waals surface area contributed by atoms with Crippen LogP contribution in [0.1, 0.15) is 22.3 Å². The lowest BCUT2D eigenvalue weighted by Gasteiger charge is -2.23. The van der Waals surface area contributed by atoms with Crippen molar-refractivity contribution in [1.82, 2.24) is 20.9 Å².